The molecule has 0 radical (unpaired) electrons. The van der Waals surface area contributed by atoms with Gasteiger partial charge in [-0.25, -0.2) is 4.98 Å². The van der Waals surface area contributed by atoms with Gasteiger partial charge in [0.15, 0.2) is 10.3 Å². The van der Waals surface area contributed by atoms with Crippen LogP contribution in [0.4, 0.5) is 5.69 Å². The summed E-state index contributed by atoms with van der Waals surface area (Å²) in [5.41, 5.74) is 7.15. The van der Waals surface area contributed by atoms with Crippen LogP contribution in [0.15, 0.2) is 35.7 Å². The monoisotopic (exact) mass is 322 g/mol. The van der Waals surface area contributed by atoms with E-state index in [-0.39, 0.29) is 11.7 Å². The Morgan fingerprint density at radius 2 is 2.10 bits per heavy atom. The van der Waals surface area contributed by atoms with Gasteiger partial charge in [0.2, 0.25) is 5.91 Å². The number of anilines is 1. The summed E-state index contributed by atoms with van der Waals surface area (Å²) in [5, 5.41) is 10.2. The molecule has 110 valence electrons. The maximum absolute atomic E-state index is 11.6. The zero-order valence-electron chi connectivity index (χ0n) is 11.2. The molecule has 9 heteroatoms. The molecule has 0 bridgehead atoms. The molecule has 0 saturated heterocycles. The third-order valence-corrected chi connectivity index (χ3v) is 3.44. The van der Waals surface area contributed by atoms with E-state index < -0.39 is 0 Å². The van der Waals surface area contributed by atoms with Crippen LogP contribution in [0.3, 0.4) is 0 Å². The van der Waals surface area contributed by atoms with Crippen molar-refractivity contribution in [2.45, 2.75) is 12.1 Å². The Bertz CT molecular complexity index is 599. The van der Waals surface area contributed by atoms with Crippen LogP contribution in [0, 0.1) is 6.92 Å². The number of rotatable bonds is 4. The van der Waals surface area contributed by atoms with E-state index in [1.54, 1.807) is 0 Å². The molecule has 7 nitrogen and oxygen atoms in total. The second-order valence-corrected chi connectivity index (χ2v) is 5.44. The van der Waals surface area contributed by atoms with E-state index in [4.69, 9.17) is 12.2 Å². The van der Waals surface area contributed by atoms with Crippen molar-refractivity contribution in [2.24, 2.45) is 0 Å². The number of hydrogen-bond acceptors (Lipinski definition) is 5. The van der Waals surface area contributed by atoms with E-state index in [2.05, 4.69) is 31.3 Å². The number of aryl methyl sites for hydroxylation is 1. The Morgan fingerprint density at radius 3 is 2.76 bits per heavy atom. The van der Waals surface area contributed by atoms with Crippen LogP contribution >= 0.6 is 24.0 Å². The molecule has 1 amide bonds. The highest BCUT2D eigenvalue weighted by Crippen LogP contribution is 2.09. The quantitative estimate of drug-likeness (QED) is 0.382. The van der Waals surface area contributed by atoms with Gasteiger partial charge in [-0.3, -0.25) is 20.7 Å². The summed E-state index contributed by atoms with van der Waals surface area (Å²) >= 11 is 6.33. The van der Waals surface area contributed by atoms with Gasteiger partial charge >= 0.3 is 0 Å². The van der Waals surface area contributed by atoms with Crippen molar-refractivity contribution in [3.63, 3.8) is 0 Å². The van der Waals surface area contributed by atoms with E-state index in [9.17, 15) is 4.79 Å². The first-order valence-electron chi connectivity index (χ1n) is 6.04. The molecule has 2 aromatic rings. The van der Waals surface area contributed by atoms with Crippen LogP contribution in [-0.4, -0.2) is 32.0 Å². The predicted octanol–water partition coefficient (Wildman–Crippen LogP) is 1.22. The number of nitrogens with one attached hydrogen (secondary N) is 4. The SMILES string of the molecule is Cc1ccc(NC(=S)NNC(=O)CSc2ncn[nH]2)cc1. The fourth-order valence-corrected chi connectivity index (χ4v) is 2.11. The number of H-pyrrole nitrogens is 1. The maximum atomic E-state index is 11.6. The minimum Gasteiger partial charge on any atom is -0.331 e. The molecule has 0 aliphatic carbocycles. The van der Waals surface area contributed by atoms with Crippen LogP contribution in [0.5, 0.6) is 0 Å². The number of aromatic nitrogens is 3. The van der Waals surface area contributed by atoms with Gasteiger partial charge in [0.1, 0.15) is 6.33 Å². The van der Waals surface area contributed by atoms with Crippen LogP contribution in [-0.2, 0) is 4.79 Å². The molecule has 21 heavy (non-hydrogen) atoms. The summed E-state index contributed by atoms with van der Waals surface area (Å²) in [6, 6.07) is 7.75. The Hall–Kier alpha value is -2.13. The van der Waals surface area contributed by atoms with Crippen molar-refractivity contribution < 1.29 is 4.79 Å². The lowest BCUT2D eigenvalue weighted by molar-refractivity contribution is -0.119. The molecular formula is C12H14N6OS2. The van der Waals surface area contributed by atoms with Crippen LogP contribution in [0.1, 0.15) is 5.56 Å². The minimum absolute atomic E-state index is 0.204. The molecule has 0 aliphatic rings. The summed E-state index contributed by atoms with van der Waals surface area (Å²) in [6.07, 6.45) is 1.39. The van der Waals surface area contributed by atoms with Crippen molar-refractivity contribution in [1.29, 1.82) is 0 Å². The van der Waals surface area contributed by atoms with Gasteiger partial charge in [-0.1, -0.05) is 29.5 Å². The first-order valence-corrected chi connectivity index (χ1v) is 7.43. The first kappa shape index (κ1) is 15.3. The van der Waals surface area contributed by atoms with E-state index in [0.717, 1.165) is 11.3 Å². The molecule has 0 unspecified atom stereocenters. The molecule has 0 atom stereocenters. The van der Waals surface area contributed by atoms with E-state index in [1.165, 1.54) is 18.1 Å². The third kappa shape index (κ3) is 5.40. The Morgan fingerprint density at radius 1 is 1.33 bits per heavy atom. The van der Waals surface area contributed by atoms with Gasteiger partial charge in [0.25, 0.3) is 0 Å². The van der Waals surface area contributed by atoms with Crippen LogP contribution in [0.25, 0.3) is 0 Å². The fraction of sp³-hybridized carbons (Fsp3) is 0.167. The van der Waals surface area contributed by atoms with Crippen molar-refractivity contribution >= 4 is 40.7 Å². The molecule has 0 fully saturated rings. The highest BCUT2D eigenvalue weighted by atomic mass is 32.2. The normalized spacial score (nSPS) is 9.95. The molecule has 1 heterocycles. The smallest absolute Gasteiger partial charge is 0.248 e. The lowest BCUT2D eigenvalue weighted by Gasteiger charge is -2.11. The number of carbonyl (C=O) groups is 1. The van der Waals surface area contributed by atoms with Gasteiger partial charge in [0, 0.05) is 5.69 Å². The molecule has 1 aromatic carbocycles. The number of benzene rings is 1. The molecule has 2 rings (SSSR count). The number of hydrogen-bond donors (Lipinski definition) is 4. The molecule has 0 aliphatic heterocycles. The van der Waals surface area contributed by atoms with Gasteiger partial charge in [-0.15, -0.1) is 0 Å². The Balaban J connectivity index is 1.68. The molecule has 1 aromatic heterocycles. The Kier molecular flexibility index (Phi) is 5.52. The summed E-state index contributed by atoms with van der Waals surface area (Å²) < 4.78 is 0. The number of amides is 1. The topological polar surface area (TPSA) is 94.7 Å². The van der Waals surface area contributed by atoms with E-state index in [1.807, 2.05) is 31.2 Å². The lowest BCUT2D eigenvalue weighted by atomic mass is 10.2. The minimum atomic E-state index is -0.218. The third-order valence-electron chi connectivity index (χ3n) is 2.36. The highest BCUT2D eigenvalue weighted by molar-refractivity contribution is 7.99. The number of thiocarbonyl (C=S) groups is 1. The van der Waals surface area contributed by atoms with Gasteiger partial charge in [0.05, 0.1) is 5.75 Å². The summed E-state index contributed by atoms with van der Waals surface area (Å²) in [4.78, 5) is 15.5. The van der Waals surface area contributed by atoms with E-state index >= 15 is 0 Å². The summed E-state index contributed by atoms with van der Waals surface area (Å²) in [5.74, 6) is -0.0144. The second kappa shape index (κ2) is 7.60. The standard InChI is InChI=1S/C12H14N6OS2/c1-8-2-4-9(5-3-8)15-11(20)17-16-10(19)6-21-12-13-7-14-18-12/h2-5,7H,6H2,1H3,(H,16,19)(H,13,14,18)(H2,15,17,20). The summed E-state index contributed by atoms with van der Waals surface area (Å²) in [6.45, 7) is 2.01. The van der Waals surface area contributed by atoms with Gasteiger partial charge in [-0.05, 0) is 31.3 Å². The lowest BCUT2D eigenvalue weighted by Crippen LogP contribution is -2.44. The average molecular weight is 322 g/mol. The number of hydrazine groups is 1. The molecule has 0 saturated carbocycles. The van der Waals surface area contributed by atoms with Crippen molar-refractivity contribution in [3.8, 4) is 0 Å². The van der Waals surface area contributed by atoms with Crippen molar-refractivity contribution in [3.05, 3.63) is 36.2 Å². The number of aromatic amines is 1. The predicted molar refractivity (Wildman–Crippen MR) is 85.8 cm³/mol. The van der Waals surface area contributed by atoms with Crippen LogP contribution in [0.2, 0.25) is 0 Å². The number of nitrogens with zero attached hydrogens (tertiary/aromatic N) is 2. The van der Waals surface area contributed by atoms with E-state index in [0.29, 0.717) is 10.3 Å². The van der Waals surface area contributed by atoms with Gasteiger partial charge in [-0.2, -0.15) is 5.10 Å². The zero-order valence-corrected chi connectivity index (χ0v) is 12.8. The van der Waals surface area contributed by atoms with Crippen molar-refractivity contribution in [1.82, 2.24) is 26.0 Å². The number of carbonyl (C=O) groups excluding carboxylic acids is 1. The molecule has 0 spiro atoms. The summed E-state index contributed by atoms with van der Waals surface area (Å²) in [7, 11) is 0. The average Bonchev–Trinajstić information content (AvgIpc) is 2.99. The fourth-order valence-electron chi connectivity index (χ4n) is 1.36. The first-order chi connectivity index (χ1) is 10.1. The molecular weight excluding hydrogens is 308 g/mol. The number of thioether (sulfide) groups is 1. The second-order valence-electron chi connectivity index (χ2n) is 4.07. The largest absolute Gasteiger partial charge is 0.331 e. The molecule has 4 N–H and O–H groups in total. The highest BCUT2D eigenvalue weighted by Gasteiger charge is 2.05. The van der Waals surface area contributed by atoms with Crippen molar-refractivity contribution in [2.75, 3.05) is 11.1 Å². The van der Waals surface area contributed by atoms with Crippen LogP contribution < -0.4 is 16.2 Å². The Labute approximate surface area is 131 Å². The maximum Gasteiger partial charge on any atom is 0.248 e. The van der Waals surface area contributed by atoms with Gasteiger partial charge < -0.3 is 5.32 Å². The zero-order chi connectivity index (χ0) is 15.1.